The van der Waals surface area contributed by atoms with E-state index in [-0.39, 0.29) is 35.4 Å². The monoisotopic (exact) mass is 1090 g/mol. The minimum absolute atomic E-state index is 0.00983. The molecule has 77 heavy (non-hydrogen) atoms. The Balaban J connectivity index is 1.17. The molecule has 5 heterocycles. The molecule has 0 bridgehead atoms. The lowest BCUT2D eigenvalue weighted by Gasteiger charge is -2.57. The molecule has 9 rings (SSSR count). The third kappa shape index (κ3) is 12.4. The molecule has 10 nitrogen and oxygen atoms in total. The van der Waals surface area contributed by atoms with Crippen molar-refractivity contribution >= 4 is 27.0 Å². The minimum Gasteiger partial charge on any atom is -0.497 e. The smallest absolute Gasteiger partial charge is 0.261 e. The summed E-state index contributed by atoms with van der Waals surface area (Å²) in [5, 5.41) is 2.06. The van der Waals surface area contributed by atoms with Crippen LogP contribution < -0.4 is 19.8 Å². The van der Waals surface area contributed by atoms with Crippen LogP contribution in [0.2, 0.25) is 21.7 Å². The molecule has 0 amide bonds. The zero-order chi connectivity index (χ0) is 54.6. The van der Waals surface area contributed by atoms with E-state index in [0.717, 1.165) is 81.5 Å². The quantitative estimate of drug-likeness (QED) is 0.0797. The minimum atomic E-state index is -3.29. The van der Waals surface area contributed by atoms with Crippen LogP contribution in [0.3, 0.4) is 0 Å². The molecule has 12 atom stereocenters. The summed E-state index contributed by atoms with van der Waals surface area (Å²) >= 11 is 0. The molecule has 0 aliphatic carbocycles. The van der Waals surface area contributed by atoms with E-state index in [4.69, 9.17) is 46.7 Å². The molecule has 0 saturated carbocycles. The lowest BCUT2D eigenvalue weighted by atomic mass is 9.80. The summed E-state index contributed by atoms with van der Waals surface area (Å²) in [6.07, 6.45) is 5.74. The van der Waals surface area contributed by atoms with Crippen LogP contribution >= 0.6 is 0 Å². The van der Waals surface area contributed by atoms with E-state index in [1.807, 2.05) is 24.3 Å². The molecule has 5 aliphatic heterocycles. The molecule has 422 valence electrons. The van der Waals surface area contributed by atoms with Crippen LogP contribution in [-0.2, 0) is 43.9 Å². The average molecular weight is 1090 g/mol. The maximum Gasteiger partial charge on any atom is 0.261 e. The molecule has 0 aromatic heterocycles. The van der Waals surface area contributed by atoms with Crippen LogP contribution in [0.25, 0.3) is 0 Å². The second-order valence-corrected chi connectivity index (χ2v) is 35.1. The summed E-state index contributed by atoms with van der Waals surface area (Å²) in [6.45, 7) is 27.7. The number of ether oxygens (including phenoxy) is 8. The van der Waals surface area contributed by atoms with Crippen molar-refractivity contribution in [2.75, 3.05) is 20.3 Å². The molecular weight excluding hydrogens is 997 g/mol. The summed E-state index contributed by atoms with van der Waals surface area (Å²) in [5.74, 6) is 0.680. The first-order valence-corrected chi connectivity index (χ1v) is 33.7. The molecule has 5 saturated heterocycles. The van der Waals surface area contributed by atoms with E-state index in [2.05, 4.69) is 167 Å². The fourth-order valence-electron chi connectivity index (χ4n) is 14.6. The summed E-state index contributed by atoms with van der Waals surface area (Å²) in [6, 6.07) is 40.3. The highest BCUT2D eigenvalue weighted by Crippen LogP contribution is 2.51. The Hall–Kier alpha value is -3.41. The zero-order valence-corrected chi connectivity index (χ0v) is 50.8. The Morgan fingerprint density at radius 1 is 0.636 bits per heavy atom. The van der Waals surface area contributed by atoms with Crippen LogP contribution in [0, 0.1) is 11.8 Å². The number of rotatable bonds is 20. The molecule has 5 aliphatic rings. The van der Waals surface area contributed by atoms with Crippen molar-refractivity contribution in [3.63, 3.8) is 0 Å². The fourth-order valence-corrected chi connectivity index (χ4v) is 24.8. The maximum atomic E-state index is 8.54. The Bertz CT molecular complexity index is 2370. The number of fused-ring (bicyclic) bond motifs is 1. The van der Waals surface area contributed by atoms with Gasteiger partial charge in [0.25, 0.3) is 8.32 Å². The summed E-state index contributed by atoms with van der Waals surface area (Å²) in [4.78, 5) is 0. The number of methoxy groups -OCH3 is 1. The number of benzene rings is 4. The Kier molecular flexibility index (Phi) is 18.7. The van der Waals surface area contributed by atoms with E-state index in [1.54, 1.807) is 7.11 Å². The number of hydrogen-bond acceptors (Lipinski definition) is 10. The van der Waals surface area contributed by atoms with Gasteiger partial charge >= 0.3 is 0 Å². The van der Waals surface area contributed by atoms with E-state index < -0.39 is 52.6 Å². The first kappa shape index (κ1) is 58.3. The van der Waals surface area contributed by atoms with Crippen LogP contribution in [0.1, 0.15) is 146 Å². The highest BCUT2D eigenvalue weighted by Gasteiger charge is 2.62. The van der Waals surface area contributed by atoms with Crippen LogP contribution in [0.5, 0.6) is 11.5 Å². The molecule has 12 heteroatoms. The van der Waals surface area contributed by atoms with E-state index >= 15 is 0 Å². The third-order valence-electron chi connectivity index (χ3n) is 18.4. The van der Waals surface area contributed by atoms with Gasteiger partial charge in [-0.15, -0.1) is 0 Å². The van der Waals surface area contributed by atoms with Gasteiger partial charge in [-0.25, -0.2) is 0 Å². The summed E-state index contributed by atoms with van der Waals surface area (Å²) in [5.41, 5.74) is 2.10. The van der Waals surface area contributed by atoms with Gasteiger partial charge < -0.3 is 46.7 Å². The van der Waals surface area contributed by atoms with Crippen molar-refractivity contribution in [3.8, 4) is 11.5 Å². The van der Waals surface area contributed by atoms with Crippen LogP contribution in [-0.4, -0.2) is 97.4 Å². The highest BCUT2D eigenvalue weighted by molar-refractivity contribution is 6.99. The van der Waals surface area contributed by atoms with Crippen molar-refractivity contribution in [2.24, 2.45) is 11.8 Å². The van der Waals surface area contributed by atoms with Gasteiger partial charge in [-0.2, -0.15) is 0 Å². The van der Waals surface area contributed by atoms with Gasteiger partial charge in [0, 0.05) is 25.7 Å². The van der Waals surface area contributed by atoms with Crippen molar-refractivity contribution in [3.05, 3.63) is 121 Å². The van der Waals surface area contributed by atoms with E-state index in [9.17, 15) is 0 Å². The predicted molar refractivity (Wildman–Crippen MR) is 311 cm³/mol. The Morgan fingerprint density at radius 3 is 1.82 bits per heavy atom. The normalized spacial score (nSPS) is 30.0. The van der Waals surface area contributed by atoms with Crippen molar-refractivity contribution in [1.82, 2.24) is 0 Å². The highest BCUT2D eigenvalue weighted by atomic mass is 28.4. The van der Waals surface area contributed by atoms with E-state index in [1.165, 1.54) is 10.4 Å². The largest absolute Gasteiger partial charge is 0.497 e. The number of hydrogen-bond donors (Lipinski definition) is 0. The molecule has 4 aromatic rings. The van der Waals surface area contributed by atoms with Crippen LogP contribution in [0.15, 0.2) is 115 Å². The lowest BCUT2D eigenvalue weighted by Crippen LogP contribution is -2.74. The second-order valence-electron chi connectivity index (χ2n) is 25.4. The van der Waals surface area contributed by atoms with Crippen molar-refractivity contribution < 1.29 is 46.7 Å². The maximum absolute atomic E-state index is 8.54. The molecule has 2 spiro atoms. The SMILES string of the molecule is COc1ccc(OC[C@H]2CC[C@@]3(CC[C@H]4O[C@H]([C@H](C[C@H](C)[C@H]5O[C@@]6(CCCCO6)CC[C@H]5C)O[Si](C(C)C)(C(C)C)C(C)C)[C@@H](OCc5ccccc5)[C@@H](O[Si](c5ccccc5)(c5ccccc5)C(C)(C)C)[C@@H]4O3)O2)cc1. The topological polar surface area (TPSA) is 92.3 Å². The van der Waals surface area contributed by atoms with Gasteiger partial charge in [-0.1, -0.05) is 167 Å². The van der Waals surface area contributed by atoms with Gasteiger partial charge in [0.1, 0.15) is 42.5 Å². The van der Waals surface area contributed by atoms with E-state index in [0.29, 0.717) is 42.2 Å². The molecule has 0 radical (unpaired) electrons. The molecule has 4 aromatic carbocycles. The molecular formula is C65H94O10Si2. The predicted octanol–water partition coefficient (Wildman–Crippen LogP) is 13.7. The zero-order valence-electron chi connectivity index (χ0n) is 48.8. The van der Waals surface area contributed by atoms with Gasteiger partial charge in [-0.05, 0) is 112 Å². The second kappa shape index (κ2) is 24.8. The Morgan fingerprint density at radius 2 is 1.23 bits per heavy atom. The van der Waals surface area contributed by atoms with Gasteiger partial charge in [0.15, 0.2) is 11.6 Å². The molecule has 0 unspecified atom stereocenters. The third-order valence-corrected chi connectivity index (χ3v) is 29.5. The van der Waals surface area contributed by atoms with Gasteiger partial charge in [0.2, 0.25) is 8.32 Å². The Labute approximate surface area is 465 Å². The van der Waals surface area contributed by atoms with Crippen molar-refractivity contribution in [2.45, 2.75) is 229 Å². The molecule has 5 fully saturated rings. The molecule has 0 N–H and O–H groups in total. The fraction of sp³-hybridized carbons (Fsp3) is 0.631. The van der Waals surface area contributed by atoms with Crippen molar-refractivity contribution in [1.29, 1.82) is 0 Å². The summed E-state index contributed by atoms with van der Waals surface area (Å²) < 4.78 is 72.9. The van der Waals surface area contributed by atoms with Gasteiger partial charge in [0.05, 0.1) is 44.7 Å². The average Bonchev–Trinajstić information content (AvgIpc) is 3.86. The van der Waals surface area contributed by atoms with Gasteiger partial charge in [-0.3, -0.25) is 0 Å². The standard InChI is InChI=1S/C65H94O10Si2/c1-45(2)76(46(3)4,47(5)6)74-57(42-49(8)58-48(7)34-38-64(72-58)37-22-23-41-69-64)59-61(68-43-50-24-16-13-17-25-50)62(75-77(63(9,10)11,54-26-18-14-19-27-54)55-28-20-15-21-29-55)60-56(70-59)36-40-65(73-60)39-35-53(71-65)44-67-52-32-30-51(66-12)31-33-52/h13-21,24-33,45-49,53,56-62H,22-23,34-44H2,1-12H3/t48-,49+,53-,56-,57+,58+,59-,60-,61-,62+,64+,65-/m1/s1. The first-order valence-electron chi connectivity index (χ1n) is 29.6. The lowest BCUT2D eigenvalue weighted by molar-refractivity contribution is -0.348. The first-order chi connectivity index (χ1) is 36.9. The van der Waals surface area contributed by atoms with Crippen LogP contribution in [0.4, 0.5) is 0 Å². The summed E-state index contributed by atoms with van der Waals surface area (Å²) in [7, 11) is -4.20.